The molecule has 26 heavy (non-hydrogen) atoms. The van der Waals surface area contributed by atoms with Gasteiger partial charge in [0.25, 0.3) is 5.56 Å². The predicted molar refractivity (Wildman–Crippen MR) is 104 cm³/mol. The molecule has 0 bridgehead atoms. The van der Waals surface area contributed by atoms with Gasteiger partial charge in [0.05, 0.1) is 10.2 Å². The molecule has 0 unspecified atom stereocenters. The number of hydrogen-bond donors (Lipinski definition) is 0. The van der Waals surface area contributed by atoms with E-state index in [0.29, 0.717) is 11.9 Å². The van der Waals surface area contributed by atoms with Crippen molar-refractivity contribution >= 4 is 33.0 Å². The minimum atomic E-state index is -0.193. The van der Waals surface area contributed by atoms with Gasteiger partial charge >= 0.3 is 0 Å². The highest BCUT2D eigenvalue weighted by molar-refractivity contribution is 7.19. The first-order valence-corrected chi connectivity index (χ1v) is 10.1. The highest BCUT2D eigenvalue weighted by Crippen LogP contribution is 2.28. The van der Waals surface area contributed by atoms with E-state index < -0.39 is 0 Å². The van der Waals surface area contributed by atoms with Crippen molar-refractivity contribution < 1.29 is 4.79 Å². The first-order chi connectivity index (χ1) is 12.5. The van der Waals surface area contributed by atoms with Gasteiger partial charge in [0.2, 0.25) is 5.91 Å². The molecule has 0 aliphatic carbocycles. The van der Waals surface area contributed by atoms with Crippen LogP contribution < -0.4 is 5.56 Å². The fourth-order valence-corrected chi connectivity index (χ4v) is 4.88. The predicted octanol–water partition coefficient (Wildman–Crippen LogP) is 2.98. The lowest BCUT2D eigenvalue weighted by Crippen LogP contribution is -2.45. The molecule has 0 aromatic carbocycles. The first-order valence-electron chi connectivity index (χ1n) is 9.30. The van der Waals surface area contributed by atoms with Gasteiger partial charge < -0.3 is 4.90 Å². The molecule has 6 nitrogen and oxygen atoms in total. The van der Waals surface area contributed by atoms with Crippen molar-refractivity contribution in [2.75, 3.05) is 6.54 Å². The summed E-state index contributed by atoms with van der Waals surface area (Å²) in [6, 6.07) is 4.27. The van der Waals surface area contributed by atoms with Crippen LogP contribution in [0, 0.1) is 6.92 Å². The maximum absolute atomic E-state index is 13.0. The van der Waals surface area contributed by atoms with Gasteiger partial charge in [-0.25, -0.2) is 4.68 Å². The molecule has 7 heteroatoms. The number of carbonyl (C=O) groups is 1. The number of aromatic nitrogens is 3. The van der Waals surface area contributed by atoms with E-state index >= 15 is 0 Å². The zero-order valence-electron chi connectivity index (χ0n) is 15.5. The Morgan fingerprint density at radius 2 is 2.12 bits per heavy atom. The Labute approximate surface area is 156 Å². The monoisotopic (exact) mass is 372 g/mol. The topological polar surface area (TPSA) is 59.6 Å². The summed E-state index contributed by atoms with van der Waals surface area (Å²) >= 11 is 1.68. The molecule has 0 saturated carbocycles. The highest BCUT2D eigenvalue weighted by atomic mass is 32.1. The number of piperidine rings is 1. The van der Waals surface area contributed by atoms with Gasteiger partial charge in [0.1, 0.15) is 17.9 Å². The molecule has 3 aromatic heterocycles. The van der Waals surface area contributed by atoms with E-state index in [-0.39, 0.29) is 24.1 Å². The molecular weight excluding hydrogens is 348 g/mol. The van der Waals surface area contributed by atoms with Gasteiger partial charge in [-0.1, -0.05) is 6.92 Å². The number of amides is 1. The Hall–Kier alpha value is -2.15. The van der Waals surface area contributed by atoms with Crippen molar-refractivity contribution in [3.05, 3.63) is 33.2 Å². The van der Waals surface area contributed by atoms with Gasteiger partial charge in [0, 0.05) is 23.9 Å². The number of nitrogens with zero attached hydrogens (tertiary/aromatic N) is 4. The van der Waals surface area contributed by atoms with Gasteiger partial charge in [-0.15, -0.1) is 11.3 Å². The minimum absolute atomic E-state index is 0.0117. The summed E-state index contributed by atoms with van der Waals surface area (Å²) in [6.07, 6.45) is 3.92. The average Bonchev–Trinajstić information content (AvgIpc) is 3.14. The molecule has 3 aromatic rings. The van der Waals surface area contributed by atoms with Gasteiger partial charge in [-0.3, -0.25) is 14.0 Å². The van der Waals surface area contributed by atoms with Crippen LogP contribution in [0.3, 0.4) is 0 Å². The molecule has 0 radical (unpaired) electrons. The van der Waals surface area contributed by atoms with E-state index in [2.05, 4.69) is 25.0 Å². The highest BCUT2D eigenvalue weighted by Gasteiger charge is 2.24. The number of fused-ring (bicyclic) bond motifs is 3. The van der Waals surface area contributed by atoms with Crippen molar-refractivity contribution in [3.8, 4) is 0 Å². The van der Waals surface area contributed by atoms with Crippen molar-refractivity contribution in [3.63, 3.8) is 0 Å². The average molecular weight is 372 g/mol. The summed E-state index contributed by atoms with van der Waals surface area (Å²) in [5.41, 5.74) is 1.45. The lowest BCUT2D eigenvalue weighted by molar-refractivity contribution is -0.135. The lowest BCUT2D eigenvalue weighted by Gasteiger charge is -2.33. The molecule has 1 saturated heterocycles. The minimum Gasteiger partial charge on any atom is -0.338 e. The summed E-state index contributed by atoms with van der Waals surface area (Å²) < 4.78 is 4.39. The summed E-state index contributed by atoms with van der Waals surface area (Å²) in [7, 11) is 0. The van der Waals surface area contributed by atoms with E-state index in [1.807, 2.05) is 22.3 Å². The van der Waals surface area contributed by atoms with Gasteiger partial charge in [-0.2, -0.15) is 5.10 Å². The number of rotatable bonds is 3. The first kappa shape index (κ1) is 17.3. The van der Waals surface area contributed by atoms with Gasteiger partial charge in [0.15, 0.2) is 0 Å². The normalized spacial score (nSPS) is 18.1. The largest absolute Gasteiger partial charge is 0.338 e. The number of thiophene rings is 1. The Morgan fingerprint density at radius 1 is 1.31 bits per heavy atom. The van der Waals surface area contributed by atoms with Crippen molar-refractivity contribution in [1.82, 2.24) is 19.1 Å². The Kier molecular flexibility index (Phi) is 4.34. The fraction of sp³-hybridized carbons (Fsp3) is 0.526. The van der Waals surface area contributed by atoms with Crippen molar-refractivity contribution in [1.29, 1.82) is 0 Å². The van der Waals surface area contributed by atoms with Crippen LogP contribution in [0.5, 0.6) is 0 Å². The second-order valence-corrected chi connectivity index (χ2v) is 8.42. The number of carbonyl (C=O) groups excluding carboxylic acids is 1. The molecule has 1 aliphatic rings. The van der Waals surface area contributed by atoms with Crippen LogP contribution in [0.25, 0.3) is 15.7 Å². The second kappa shape index (κ2) is 6.54. The summed E-state index contributed by atoms with van der Waals surface area (Å²) in [5.74, 6) is 0.800. The van der Waals surface area contributed by atoms with Crippen LogP contribution in [0.2, 0.25) is 0 Å². The smallest absolute Gasteiger partial charge is 0.291 e. The molecule has 138 valence electrons. The standard InChI is InChI=1S/C19H24N4O2S/c1-4-17-20-22(11-18(24)21-8-6-5-7-12(21)2)19(25)15-10-16-14(23(15)17)9-13(3)26-16/h9-10,12H,4-8,11H2,1-3H3/t12-/m0/s1. The fourth-order valence-electron chi connectivity index (χ4n) is 3.94. The summed E-state index contributed by atoms with van der Waals surface area (Å²) in [4.78, 5) is 28.8. The third-order valence-corrected chi connectivity index (χ3v) is 6.27. The lowest BCUT2D eigenvalue weighted by atomic mass is 10.0. The Bertz CT molecular complexity index is 1050. The second-order valence-electron chi connectivity index (χ2n) is 7.14. The molecule has 4 heterocycles. The number of hydrogen-bond acceptors (Lipinski definition) is 4. The third-order valence-electron chi connectivity index (χ3n) is 5.29. The van der Waals surface area contributed by atoms with Crippen molar-refractivity contribution in [2.24, 2.45) is 0 Å². The van der Waals surface area contributed by atoms with Crippen LogP contribution in [0.15, 0.2) is 16.9 Å². The van der Waals surface area contributed by atoms with Crippen LogP contribution in [-0.4, -0.2) is 37.6 Å². The molecule has 0 N–H and O–H groups in total. The third kappa shape index (κ3) is 2.74. The molecule has 1 atom stereocenters. The Balaban J connectivity index is 1.77. The van der Waals surface area contributed by atoms with Crippen LogP contribution in [-0.2, 0) is 17.8 Å². The van der Waals surface area contributed by atoms with E-state index in [9.17, 15) is 9.59 Å². The van der Waals surface area contributed by atoms with E-state index in [0.717, 1.165) is 41.8 Å². The summed E-state index contributed by atoms with van der Waals surface area (Å²) in [5, 5.41) is 4.53. The van der Waals surface area contributed by atoms with E-state index in [1.165, 1.54) is 9.56 Å². The number of likely N-dealkylation sites (tertiary alicyclic amines) is 1. The maximum Gasteiger partial charge on any atom is 0.291 e. The van der Waals surface area contributed by atoms with E-state index in [4.69, 9.17) is 0 Å². The van der Waals surface area contributed by atoms with Crippen LogP contribution in [0.4, 0.5) is 0 Å². The zero-order chi connectivity index (χ0) is 18.4. The molecule has 1 fully saturated rings. The summed E-state index contributed by atoms with van der Waals surface area (Å²) in [6.45, 7) is 6.96. The van der Waals surface area contributed by atoms with Gasteiger partial charge in [-0.05, 0) is 45.2 Å². The molecule has 1 amide bonds. The molecule has 0 spiro atoms. The van der Waals surface area contributed by atoms with Crippen LogP contribution in [0.1, 0.15) is 43.8 Å². The molecule has 4 rings (SSSR count). The molecule has 1 aliphatic heterocycles. The quantitative estimate of drug-likeness (QED) is 0.710. The van der Waals surface area contributed by atoms with Crippen LogP contribution >= 0.6 is 11.3 Å². The maximum atomic E-state index is 13.0. The zero-order valence-corrected chi connectivity index (χ0v) is 16.3. The molecular formula is C19H24N4O2S. The van der Waals surface area contributed by atoms with E-state index in [1.54, 1.807) is 11.3 Å². The SMILES string of the molecule is CCc1nn(CC(=O)N2CCCC[C@@H]2C)c(=O)c2cc3sc(C)cc3n12. The number of aryl methyl sites for hydroxylation is 2. The van der Waals surface area contributed by atoms with Crippen molar-refractivity contribution in [2.45, 2.75) is 59.0 Å². The Morgan fingerprint density at radius 3 is 2.85 bits per heavy atom.